The standard InChI is InChI=1S/C18H29N3O4/c1-18(16(23)24)9-11-20(12-18)17(25)19-14-8-5-10-21(15(14)22)13-6-3-2-4-7-13/h13-14H,2-12H2,1H3,(H,19,25)(H,23,24). The molecule has 25 heavy (non-hydrogen) atoms. The van der Waals surface area contributed by atoms with Crippen LogP contribution in [0.25, 0.3) is 0 Å². The van der Waals surface area contributed by atoms with Crippen LogP contribution in [-0.4, -0.2) is 64.5 Å². The first-order chi connectivity index (χ1) is 11.9. The number of nitrogens with one attached hydrogen (secondary N) is 1. The summed E-state index contributed by atoms with van der Waals surface area (Å²) in [6.45, 7) is 3.07. The first kappa shape index (κ1) is 18.0. The molecule has 1 aliphatic carbocycles. The number of aliphatic carboxylic acids is 1. The van der Waals surface area contributed by atoms with Gasteiger partial charge in [-0.05, 0) is 39.0 Å². The largest absolute Gasteiger partial charge is 0.481 e. The van der Waals surface area contributed by atoms with E-state index in [2.05, 4.69) is 5.32 Å². The number of piperidine rings is 1. The van der Waals surface area contributed by atoms with Gasteiger partial charge in [0.15, 0.2) is 0 Å². The zero-order valence-corrected chi connectivity index (χ0v) is 15.0. The van der Waals surface area contributed by atoms with Gasteiger partial charge < -0.3 is 20.2 Å². The SMILES string of the molecule is CC1(C(=O)O)CCN(C(=O)NC2CCCN(C3CCCCC3)C2=O)C1. The molecule has 0 radical (unpaired) electrons. The third-order valence-corrected chi connectivity index (χ3v) is 6.06. The zero-order chi connectivity index (χ0) is 18.0. The highest BCUT2D eigenvalue weighted by Crippen LogP contribution is 2.30. The summed E-state index contributed by atoms with van der Waals surface area (Å²) in [5.74, 6) is -0.841. The van der Waals surface area contributed by atoms with Crippen molar-refractivity contribution in [3.63, 3.8) is 0 Å². The van der Waals surface area contributed by atoms with Gasteiger partial charge in [-0.25, -0.2) is 4.79 Å². The van der Waals surface area contributed by atoms with Crippen LogP contribution in [0.5, 0.6) is 0 Å². The van der Waals surface area contributed by atoms with Crippen LogP contribution < -0.4 is 5.32 Å². The molecule has 2 heterocycles. The van der Waals surface area contributed by atoms with E-state index in [1.807, 2.05) is 4.90 Å². The van der Waals surface area contributed by atoms with Gasteiger partial charge in [-0.1, -0.05) is 19.3 Å². The Labute approximate surface area is 148 Å². The maximum absolute atomic E-state index is 12.8. The zero-order valence-electron chi connectivity index (χ0n) is 15.0. The highest BCUT2D eigenvalue weighted by atomic mass is 16.4. The Morgan fingerprint density at radius 3 is 2.48 bits per heavy atom. The van der Waals surface area contributed by atoms with Crippen molar-refractivity contribution < 1.29 is 19.5 Å². The van der Waals surface area contributed by atoms with Crippen molar-refractivity contribution in [3.05, 3.63) is 0 Å². The van der Waals surface area contributed by atoms with Crippen LogP contribution in [0, 0.1) is 5.41 Å². The molecule has 2 aliphatic heterocycles. The summed E-state index contributed by atoms with van der Waals surface area (Å²) in [7, 11) is 0. The number of nitrogens with zero attached hydrogens (tertiary/aromatic N) is 2. The second-order valence-electron chi connectivity index (χ2n) is 8.01. The van der Waals surface area contributed by atoms with Gasteiger partial charge in [0.05, 0.1) is 5.41 Å². The Bertz CT molecular complexity index is 546. The molecule has 0 spiro atoms. The van der Waals surface area contributed by atoms with E-state index in [4.69, 9.17) is 0 Å². The minimum Gasteiger partial charge on any atom is -0.481 e. The number of carboxylic acids is 1. The smallest absolute Gasteiger partial charge is 0.318 e. The van der Waals surface area contributed by atoms with Crippen molar-refractivity contribution in [2.75, 3.05) is 19.6 Å². The summed E-state index contributed by atoms with van der Waals surface area (Å²) in [4.78, 5) is 40.1. The molecule has 2 atom stereocenters. The Morgan fingerprint density at radius 2 is 1.84 bits per heavy atom. The van der Waals surface area contributed by atoms with Gasteiger partial charge in [-0.3, -0.25) is 9.59 Å². The Kier molecular flexibility index (Phi) is 5.20. The van der Waals surface area contributed by atoms with Crippen molar-refractivity contribution >= 4 is 17.9 Å². The molecule has 3 rings (SSSR count). The van der Waals surface area contributed by atoms with Gasteiger partial charge in [0.2, 0.25) is 5.91 Å². The highest BCUT2D eigenvalue weighted by Gasteiger charge is 2.43. The highest BCUT2D eigenvalue weighted by molar-refractivity contribution is 5.88. The second kappa shape index (κ2) is 7.22. The fourth-order valence-corrected chi connectivity index (χ4v) is 4.34. The molecule has 1 saturated carbocycles. The van der Waals surface area contributed by atoms with Crippen LogP contribution in [-0.2, 0) is 9.59 Å². The summed E-state index contributed by atoms with van der Waals surface area (Å²) < 4.78 is 0. The van der Waals surface area contributed by atoms with Gasteiger partial charge in [0.25, 0.3) is 0 Å². The Balaban J connectivity index is 1.57. The number of hydrogen-bond donors (Lipinski definition) is 2. The van der Waals surface area contributed by atoms with E-state index in [9.17, 15) is 19.5 Å². The maximum atomic E-state index is 12.8. The van der Waals surface area contributed by atoms with Gasteiger partial charge in [0.1, 0.15) is 6.04 Å². The predicted octanol–water partition coefficient (Wildman–Crippen LogP) is 1.82. The average Bonchev–Trinajstić information content (AvgIpc) is 3.01. The normalized spacial score (nSPS) is 31.2. The van der Waals surface area contributed by atoms with Crippen LogP contribution in [0.1, 0.15) is 58.3 Å². The van der Waals surface area contributed by atoms with E-state index < -0.39 is 17.4 Å². The molecule has 7 nitrogen and oxygen atoms in total. The number of carbonyl (C=O) groups excluding carboxylic acids is 2. The fourth-order valence-electron chi connectivity index (χ4n) is 4.34. The first-order valence-corrected chi connectivity index (χ1v) is 9.50. The third-order valence-electron chi connectivity index (χ3n) is 6.06. The summed E-state index contributed by atoms with van der Waals surface area (Å²) in [6, 6.07) is -0.461. The van der Waals surface area contributed by atoms with Crippen LogP contribution in [0.3, 0.4) is 0 Å². The lowest BCUT2D eigenvalue weighted by Gasteiger charge is -2.40. The molecule has 2 N–H and O–H groups in total. The van der Waals surface area contributed by atoms with E-state index in [0.29, 0.717) is 25.4 Å². The van der Waals surface area contributed by atoms with E-state index in [1.165, 1.54) is 24.2 Å². The molecular weight excluding hydrogens is 322 g/mol. The molecule has 3 fully saturated rings. The van der Waals surface area contributed by atoms with Crippen molar-refractivity contribution in [1.82, 2.24) is 15.1 Å². The van der Waals surface area contributed by atoms with Crippen LogP contribution in [0.2, 0.25) is 0 Å². The summed E-state index contributed by atoms with van der Waals surface area (Å²) in [5.41, 5.74) is -0.887. The van der Waals surface area contributed by atoms with Crippen molar-refractivity contribution in [2.45, 2.75) is 70.4 Å². The molecule has 0 aromatic heterocycles. The molecular formula is C18H29N3O4. The number of carboxylic acid groups (broad SMARTS) is 1. The topological polar surface area (TPSA) is 89.9 Å². The lowest BCUT2D eigenvalue weighted by atomic mass is 9.90. The number of rotatable bonds is 3. The molecule has 0 aromatic rings. The summed E-state index contributed by atoms with van der Waals surface area (Å²) in [5, 5.41) is 12.2. The molecule has 0 aromatic carbocycles. The third kappa shape index (κ3) is 3.75. The van der Waals surface area contributed by atoms with Gasteiger partial charge >= 0.3 is 12.0 Å². The molecule has 3 amide bonds. The first-order valence-electron chi connectivity index (χ1n) is 9.50. The lowest BCUT2D eigenvalue weighted by Crippen LogP contribution is -2.57. The van der Waals surface area contributed by atoms with E-state index in [1.54, 1.807) is 6.92 Å². The predicted molar refractivity (Wildman–Crippen MR) is 92.1 cm³/mol. The monoisotopic (exact) mass is 351 g/mol. The van der Waals surface area contributed by atoms with E-state index >= 15 is 0 Å². The van der Waals surface area contributed by atoms with Crippen molar-refractivity contribution in [1.29, 1.82) is 0 Å². The second-order valence-corrected chi connectivity index (χ2v) is 8.01. The minimum atomic E-state index is -0.887. The Morgan fingerprint density at radius 1 is 1.12 bits per heavy atom. The minimum absolute atomic E-state index is 0.0340. The van der Waals surface area contributed by atoms with Crippen molar-refractivity contribution in [3.8, 4) is 0 Å². The number of urea groups is 1. The average molecular weight is 351 g/mol. The number of hydrogen-bond acceptors (Lipinski definition) is 3. The number of likely N-dealkylation sites (tertiary alicyclic amines) is 2. The summed E-state index contributed by atoms with van der Waals surface area (Å²) in [6.07, 6.45) is 7.74. The molecule has 140 valence electrons. The molecule has 0 bridgehead atoms. The van der Waals surface area contributed by atoms with Crippen LogP contribution in [0.4, 0.5) is 4.79 Å². The van der Waals surface area contributed by atoms with E-state index in [0.717, 1.165) is 25.8 Å². The fraction of sp³-hybridized carbons (Fsp3) is 0.833. The Hall–Kier alpha value is -1.79. The van der Waals surface area contributed by atoms with Crippen LogP contribution in [0.15, 0.2) is 0 Å². The lowest BCUT2D eigenvalue weighted by molar-refractivity contribution is -0.147. The molecule has 7 heteroatoms. The van der Waals surface area contributed by atoms with Crippen LogP contribution >= 0.6 is 0 Å². The summed E-state index contributed by atoms with van der Waals surface area (Å²) >= 11 is 0. The maximum Gasteiger partial charge on any atom is 0.318 e. The quantitative estimate of drug-likeness (QED) is 0.811. The van der Waals surface area contributed by atoms with E-state index in [-0.39, 0.29) is 18.5 Å². The number of amides is 3. The van der Waals surface area contributed by atoms with Crippen molar-refractivity contribution in [2.24, 2.45) is 5.41 Å². The number of carbonyl (C=O) groups is 3. The molecule has 3 aliphatic rings. The molecule has 2 unspecified atom stereocenters. The van der Waals surface area contributed by atoms with Gasteiger partial charge in [-0.15, -0.1) is 0 Å². The van der Waals surface area contributed by atoms with Gasteiger partial charge in [0, 0.05) is 25.7 Å². The van der Waals surface area contributed by atoms with Gasteiger partial charge in [-0.2, -0.15) is 0 Å². The molecule has 2 saturated heterocycles.